The minimum Gasteiger partial charge on any atom is -0.295 e. The van der Waals surface area contributed by atoms with Crippen molar-refractivity contribution < 1.29 is 13.2 Å². The molecule has 0 unspecified atom stereocenters. The van der Waals surface area contributed by atoms with Crippen molar-refractivity contribution in [3.63, 3.8) is 0 Å². The maximum atomic E-state index is 11.8. The van der Waals surface area contributed by atoms with Gasteiger partial charge < -0.3 is 0 Å². The van der Waals surface area contributed by atoms with Crippen LogP contribution in [0.3, 0.4) is 0 Å². The van der Waals surface area contributed by atoms with E-state index in [1.165, 1.54) is 19.1 Å². The predicted octanol–water partition coefficient (Wildman–Crippen LogP) is 1.74. The molecule has 5 heteroatoms. The van der Waals surface area contributed by atoms with Crippen LogP contribution in [-0.4, -0.2) is 20.7 Å². The van der Waals surface area contributed by atoms with Crippen molar-refractivity contribution in [2.75, 3.05) is 6.54 Å². The third-order valence-corrected chi connectivity index (χ3v) is 3.65. The summed E-state index contributed by atoms with van der Waals surface area (Å²) in [7, 11) is -3.54. The van der Waals surface area contributed by atoms with Crippen LogP contribution in [0.4, 0.5) is 0 Å². The van der Waals surface area contributed by atoms with E-state index in [-0.39, 0.29) is 10.7 Å². The van der Waals surface area contributed by atoms with E-state index in [2.05, 4.69) is 11.3 Å². The first-order valence-electron chi connectivity index (χ1n) is 5.19. The Morgan fingerprint density at radius 1 is 1.47 bits per heavy atom. The summed E-state index contributed by atoms with van der Waals surface area (Å²) in [5.74, 6) is -0.159. The van der Waals surface area contributed by atoms with Gasteiger partial charge in [0.15, 0.2) is 5.78 Å². The highest BCUT2D eigenvalue weighted by atomic mass is 32.2. The van der Waals surface area contributed by atoms with Crippen molar-refractivity contribution in [3.8, 4) is 0 Å². The second-order valence-electron chi connectivity index (χ2n) is 3.56. The smallest absolute Gasteiger partial charge is 0.240 e. The average molecular weight is 253 g/mol. The fourth-order valence-corrected chi connectivity index (χ4v) is 2.35. The zero-order valence-electron chi connectivity index (χ0n) is 9.64. The molecule has 0 bridgehead atoms. The van der Waals surface area contributed by atoms with Gasteiger partial charge in [-0.1, -0.05) is 18.2 Å². The molecule has 4 nitrogen and oxygen atoms in total. The molecule has 0 aliphatic heterocycles. The van der Waals surface area contributed by atoms with E-state index in [1.807, 2.05) is 0 Å². The van der Waals surface area contributed by atoms with E-state index in [0.717, 1.165) is 0 Å². The van der Waals surface area contributed by atoms with Crippen molar-refractivity contribution in [2.45, 2.75) is 18.2 Å². The molecule has 1 rings (SSSR count). The summed E-state index contributed by atoms with van der Waals surface area (Å²) in [6.07, 6.45) is 2.19. The second-order valence-corrected chi connectivity index (χ2v) is 5.33. The van der Waals surface area contributed by atoms with Crippen molar-refractivity contribution in [1.29, 1.82) is 0 Å². The Labute approximate surface area is 101 Å². The lowest BCUT2D eigenvalue weighted by atomic mass is 10.2. The van der Waals surface area contributed by atoms with Crippen molar-refractivity contribution in [1.82, 2.24) is 4.72 Å². The minimum absolute atomic E-state index is 0.106. The SMILES string of the molecule is C=CCCNS(=O)(=O)c1cccc(C(C)=O)c1. The Hall–Kier alpha value is -1.46. The number of carbonyl (C=O) groups excluding carboxylic acids is 1. The van der Waals surface area contributed by atoms with Gasteiger partial charge in [-0.05, 0) is 25.5 Å². The average Bonchev–Trinajstić information content (AvgIpc) is 2.29. The molecule has 1 aromatic rings. The van der Waals surface area contributed by atoms with Crippen molar-refractivity contribution in [2.24, 2.45) is 0 Å². The number of carbonyl (C=O) groups is 1. The van der Waals surface area contributed by atoms with Crippen LogP contribution in [0, 0.1) is 0 Å². The standard InChI is InChI=1S/C12H15NO3S/c1-3-4-8-13-17(15,16)12-7-5-6-11(9-12)10(2)14/h3,5-7,9,13H,1,4,8H2,2H3. The van der Waals surface area contributed by atoms with Crippen LogP contribution < -0.4 is 4.72 Å². The molecule has 0 amide bonds. The van der Waals surface area contributed by atoms with Crippen LogP contribution in [0.1, 0.15) is 23.7 Å². The maximum Gasteiger partial charge on any atom is 0.240 e. The summed E-state index contributed by atoms with van der Waals surface area (Å²) in [6.45, 7) is 5.21. The van der Waals surface area contributed by atoms with Crippen LogP contribution in [0.15, 0.2) is 41.8 Å². The van der Waals surface area contributed by atoms with Gasteiger partial charge in [0.05, 0.1) is 4.90 Å². The molecule has 0 saturated heterocycles. The van der Waals surface area contributed by atoms with Crippen LogP contribution in [0.5, 0.6) is 0 Å². The molecule has 0 aliphatic rings. The lowest BCUT2D eigenvalue weighted by Crippen LogP contribution is -2.24. The monoisotopic (exact) mass is 253 g/mol. The molecule has 0 heterocycles. The molecule has 0 spiro atoms. The highest BCUT2D eigenvalue weighted by Crippen LogP contribution is 2.11. The third-order valence-electron chi connectivity index (χ3n) is 2.19. The Morgan fingerprint density at radius 3 is 2.76 bits per heavy atom. The lowest BCUT2D eigenvalue weighted by Gasteiger charge is -2.06. The van der Waals surface area contributed by atoms with Gasteiger partial charge >= 0.3 is 0 Å². The van der Waals surface area contributed by atoms with Gasteiger partial charge in [0, 0.05) is 12.1 Å². The summed E-state index contributed by atoms with van der Waals surface area (Å²) in [5, 5.41) is 0. The molecule has 0 aromatic heterocycles. The van der Waals surface area contributed by atoms with E-state index >= 15 is 0 Å². The van der Waals surface area contributed by atoms with Gasteiger partial charge in [-0.2, -0.15) is 0 Å². The molecule has 17 heavy (non-hydrogen) atoms. The summed E-state index contributed by atoms with van der Waals surface area (Å²) < 4.78 is 26.1. The van der Waals surface area contributed by atoms with E-state index in [4.69, 9.17) is 0 Å². The molecule has 0 aliphatic carbocycles. The van der Waals surface area contributed by atoms with Gasteiger partial charge in [0.25, 0.3) is 0 Å². The largest absolute Gasteiger partial charge is 0.295 e. The maximum absolute atomic E-state index is 11.8. The number of benzene rings is 1. The van der Waals surface area contributed by atoms with Gasteiger partial charge in [0.1, 0.15) is 0 Å². The van der Waals surface area contributed by atoms with Gasteiger partial charge in [-0.3, -0.25) is 4.79 Å². The predicted molar refractivity (Wildman–Crippen MR) is 66.4 cm³/mol. The van der Waals surface area contributed by atoms with E-state index in [9.17, 15) is 13.2 Å². The summed E-state index contributed by atoms with van der Waals surface area (Å²) in [5.41, 5.74) is 0.386. The molecular formula is C12H15NO3S. The molecule has 92 valence electrons. The number of sulfonamides is 1. The molecule has 0 fully saturated rings. The second kappa shape index (κ2) is 5.75. The molecule has 0 saturated carbocycles. The number of nitrogens with one attached hydrogen (secondary N) is 1. The first-order chi connectivity index (χ1) is 7.97. The topological polar surface area (TPSA) is 63.2 Å². The molecule has 0 atom stereocenters. The lowest BCUT2D eigenvalue weighted by molar-refractivity contribution is 0.101. The van der Waals surface area contributed by atoms with E-state index in [0.29, 0.717) is 18.5 Å². The van der Waals surface area contributed by atoms with E-state index < -0.39 is 10.0 Å². The highest BCUT2D eigenvalue weighted by molar-refractivity contribution is 7.89. The summed E-state index contributed by atoms with van der Waals surface area (Å²) in [6, 6.07) is 5.98. The molecule has 0 radical (unpaired) electrons. The van der Waals surface area contributed by atoms with Crippen LogP contribution in [0.2, 0.25) is 0 Å². The Balaban J connectivity index is 2.94. The van der Waals surface area contributed by atoms with Crippen molar-refractivity contribution >= 4 is 15.8 Å². The number of ketones is 1. The van der Waals surface area contributed by atoms with Gasteiger partial charge in [-0.15, -0.1) is 6.58 Å². The quantitative estimate of drug-likeness (QED) is 0.477. The Bertz CT molecular complexity index is 520. The first kappa shape index (κ1) is 13.6. The first-order valence-corrected chi connectivity index (χ1v) is 6.67. The zero-order chi connectivity index (χ0) is 12.9. The third kappa shape index (κ3) is 3.80. The summed E-state index contributed by atoms with van der Waals surface area (Å²) in [4.78, 5) is 11.3. The minimum atomic E-state index is -3.54. The Morgan fingerprint density at radius 2 is 2.18 bits per heavy atom. The molecule has 1 aromatic carbocycles. The highest BCUT2D eigenvalue weighted by Gasteiger charge is 2.14. The normalized spacial score (nSPS) is 11.1. The van der Waals surface area contributed by atoms with Crippen LogP contribution in [0.25, 0.3) is 0 Å². The number of hydrogen-bond donors (Lipinski definition) is 1. The van der Waals surface area contributed by atoms with Gasteiger partial charge in [0.2, 0.25) is 10.0 Å². The van der Waals surface area contributed by atoms with Crippen LogP contribution >= 0.6 is 0 Å². The fourth-order valence-electron chi connectivity index (χ4n) is 1.26. The number of rotatable bonds is 6. The Kier molecular flexibility index (Phi) is 4.60. The number of Topliss-reactive ketones (excluding diaryl/α,β-unsaturated/α-hetero) is 1. The van der Waals surface area contributed by atoms with Crippen LogP contribution in [-0.2, 0) is 10.0 Å². The van der Waals surface area contributed by atoms with Crippen molar-refractivity contribution in [3.05, 3.63) is 42.5 Å². The molecule has 1 N–H and O–H groups in total. The van der Waals surface area contributed by atoms with Gasteiger partial charge in [-0.25, -0.2) is 13.1 Å². The molecular weight excluding hydrogens is 238 g/mol. The zero-order valence-corrected chi connectivity index (χ0v) is 10.5. The van der Waals surface area contributed by atoms with E-state index in [1.54, 1.807) is 18.2 Å². The summed E-state index contributed by atoms with van der Waals surface area (Å²) >= 11 is 0. The fraction of sp³-hybridized carbons (Fsp3) is 0.250. The number of hydrogen-bond acceptors (Lipinski definition) is 3.